The van der Waals surface area contributed by atoms with E-state index in [2.05, 4.69) is 4.99 Å². The van der Waals surface area contributed by atoms with Gasteiger partial charge in [0.25, 0.3) is 5.56 Å². The minimum atomic E-state index is -0.687. The first-order chi connectivity index (χ1) is 15.3. The molecule has 4 rings (SSSR count). The maximum Gasteiger partial charge on any atom is 0.338 e. The lowest BCUT2D eigenvalue weighted by molar-refractivity contribution is -0.136. The summed E-state index contributed by atoms with van der Waals surface area (Å²) in [6.07, 6.45) is 2.01. The van der Waals surface area contributed by atoms with Gasteiger partial charge in [-0.15, -0.1) is 0 Å². The molecule has 1 N–H and O–H groups in total. The van der Waals surface area contributed by atoms with Crippen molar-refractivity contribution in [2.24, 2.45) is 4.99 Å². The van der Waals surface area contributed by atoms with E-state index in [0.29, 0.717) is 37.6 Å². The topological polar surface area (TPSA) is 80.9 Å². The predicted molar refractivity (Wildman–Crippen MR) is 125 cm³/mol. The van der Waals surface area contributed by atoms with Gasteiger partial charge in [-0.2, -0.15) is 0 Å². The number of ether oxygens (including phenoxy) is 1. The van der Waals surface area contributed by atoms with Gasteiger partial charge >= 0.3 is 5.97 Å². The first-order valence-corrected chi connectivity index (χ1v) is 11.3. The summed E-state index contributed by atoms with van der Waals surface area (Å²) in [5.74, 6) is -0.709. The summed E-state index contributed by atoms with van der Waals surface area (Å²) in [4.78, 5) is 31.3. The number of aromatic nitrogens is 1. The molecule has 1 aromatic heterocycles. The molecule has 1 atom stereocenters. The number of allylic oxidation sites excluding steroid dienone is 1. The van der Waals surface area contributed by atoms with Crippen LogP contribution >= 0.6 is 34.5 Å². The number of rotatable bonds is 4. The second-order valence-electron chi connectivity index (χ2n) is 7.02. The molecule has 164 valence electrons. The minimum absolute atomic E-state index is 0.0833. The van der Waals surface area contributed by atoms with Gasteiger partial charge < -0.3 is 9.84 Å². The van der Waals surface area contributed by atoms with Gasteiger partial charge in [0.2, 0.25) is 0 Å². The quantitative estimate of drug-likeness (QED) is 0.566. The number of esters is 1. The smallest absolute Gasteiger partial charge is 0.338 e. The Kier molecular flexibility index (Phi) is 6.24. The summed E-state index contributed by atoms with van der Waals surface area (Å²) in [6, 6.07) is 11.5. The highest BCUT2D eigenvalue weighted by Crippen LogP contribution is 2.33. The Bertz CT molecular complexity index is 1420. The van der Waals surface area contributed by atoms with Crippen molar-refractivity contribution in [2.75, 3.05) is 7.11 Å². The van der Waals surface area contributed by atoms with E-state index in [1.807, 2.05) is 37.3 Å². The van der Waals surface area contributed by atoms with Crippen molar-refractivity contribution in [3.05, 3.63) is 94.6 Å². The fourth-order valence-electron chi connectivity index (χ4n) is 3.65. The van der Waals surface area contributed by atoms with Gasteiger partial charge in [-0.05, 0) is 30.2 Å². The van der Waals surface area contributed by atoms with Crippen molar-refractivity contribution in [1.82, 2.24) is 4.57 Å². The van der Waals surface area contributed by atoms with Gasteiger partial charge in [-0.1, -0.05) is 71.8 Å². The van der Waals surface area contributed by atoms with Crippen molar-refractivity contribution in [3.63, 3.8) is 0 Å². The maximum absolute atomic E-state index is 13.5. The van der Waals surface area contributed by atoms with E-state index in [0.717, 1.165) is 16.9 Å². The van der Waals surface area contributed by atoms with Gasteiger partial charge in [-0.3, -0.25) is 9.36 Å². The van der Waals surface area contributed by atoms with E-state index >= 15 is 0 Å². The summed E-state index contributed by atoms with van der Waals surface area (Å²) >= 11 is 13.3. The molecule has 0 amide bonds. The third-order valence-corrected chi connectivity index (χ3v) is 6.60. The number of benzene rings is 2. The number of hydrogen-bond donors (Lipinski definition) is 1. The molecule has 9 heteroatoms. The Labute approximate surface area is 197 Å². The van der Waals surface area contributed by atoms with Crippen molar-refractivity contribution in [1.29, 1.82) is 0 Å². The van der Waals surface area contributed by atoms with Crippen LogP contribution in [0, 0.1) is 0 Å². The zero-order valence-corrected chi connectivity index (χ0v) is 19.5. The van der Waals surface area contributed by atoms with Crippen LogP contribution in [0.1, 0.15) is 30.5 Å². The molecule has 0 bridgehead atoms. The lowest BCUT2D eigenvalue weighted by atomic mass is 9.95. The van der Waals surface area contributed by atoms with Gasteiger partial charge in [0.05, 0.1) is 34.0 Å². The summed E-state index contributed by atoms with van der Waals surface area (Å²) in [5, 5.41) is 10.7. The Morgan fingerprint density at radius 2 is 2.00 bits per heavy atom. The highest BCUT2D eigenvalue weighted by Gasteiger charge is 2.33. The van der Waals surface area contributed by atoms with Gasteiger partial charge in [-0.25, -0.2) is 9.79 Å². The molecule has 0 saturated heterocycles. The summed E-state index contributed by atoms with van der Waals surface area (Å²) in [5.41, 5.74) is 1.61. The van der Waals surface area contributed by atoms with Crippen molar-refractivity contribution < 1.29 is 14.6 Å². The highest BCUT2D eigenvalue weighted by atomic mass is 35.5. The molecule has 0 aliphatic carbocycles. The standard InChI is InChI=1S/C23H18Cl2N2O4S/c1-3-16-18(22(30)31-2)19(12-7-5-4-6-8-12)27-21(29)17(32-23(27)26-16)10-13-9-14(24)11-15(25)20(13)28/h4-11,19,28H,3H2,1-2H3/b17-10-/t19-/m1/s1. The lowest BCUT2D eigenvalue weighted by Gasteiger charge is -2.25. The molecule has 1 aliphatic rings. The zero-order chi connectivity index (χ0) is 23.0. The number of nitrogens with zero attached hydrogens (tertiary/aromatic N) is 2. The molecule has 0 fully saturated rings. The Balaban J connectivity index is 2.03. The monoisotopic (exact) mass is 488 g/mol. The maximum atomic E-state index is 13.5. The second kappa shape index (κ2) is 8.94. The van der Waals surface area contributed by atoms with Crippen LogP contribution in [0.4, 0.5) is 0 Å². The van der Waals surface area contributed by atoms with Crippen LogP contribution in [0.5, 0.6) is 5.75 Å². The van der Waals surface area contributed by atoms with Crippen LogP contribution in [-0.4, -0.2) is 22.8 Å². The number of thiazole rings is 1. The Morgan fingerprint density at radius 1 is 1.28 bits per heavy atom. The number of hydrogen-bond acceptors (Lipinski definition) is 6. The minimum Gasteiger partial charge on any atom is -0.506 e. The summed E-state index contributed by atoms with van der Waals surface area (Å²) < 4.78 is 6.84. The number of halogens is 2. The lowest BCUT2D eigenvalue weighted by Crippen LogP contribution is -2.40. The third-order valence-electron chi connectivity index (χ3n) is 5.11. The number of fused-ring (bicyclic) bond motifs is 1. The van der Waals surface area contributed by atoms with E-state index in [-0.39, 0.29) is 16.3 Å². The van der Waals surface area contributed by atoms with Gasteiger partial charge in [0, 0.05) is 10.6 Å². The summed E-state index contributed by atoms with van der Waals surface area (Å²) in [6.45, 7) is 1.89. The van der Waals surface area contributed by atoms with E-state index in [1.54, 1.807) is 0 Å². The molecular formula is C23H18Cl2N2O4S. The van der Waals surface area contributed by atoms with E-state index < -0.39 is 12.0 Å². The third kappa shape index (κ3) is 3.88. The number of methoxy groups -OCH3 is 1. The fraction of sp³-hybridized carbons (Fsp3) is 0.174. The molecule has 0 saturated carbocycles. The number of phenols is 1. The van der Waals surface area contributed by atoms with Crippen LogP contribution < -0.4 is 14.9 Å². The number of aromatic hydroxyl groups is 1. The second-order valence-corrected chi connectivity index (χ2v) is 8.88. The molecule has 2 aromatic carbocycles. The Hall–Kier alpha value is -2.87. The van der Waals surface area contributed by atoms with E-state index in [4.69, 9.17) is 27.9 Å². The SMILES string of the molecule is CCC1=C(C(=O)OC)[C@@H](c2ccccc2)n2c(s/c(=C\c3cc(Cl)cc(Cl)c3O)c2=O)=N1. The van der Waals surface area contributed by atoms with Crippen LogP contribution in [0.25, 0.3) is 6.08 Å². The largest absolute Gasteiger partial charge is 0.506 e. The first-order valence-electron chi connectivity index (χ1n) is 9.71. The summed E-state index contributed by atoms with van der Waals surface area (Å²) in [7, 11) is 1.31. The Morgan fingerprint density at radius 3 is 2.66 bits per heavy atom. The first kappa shape index (κ1) is 22.3. The molecule has 32 heavy (non-hydrogen) atoms. The molecule has 0 unspecified atom stereocenters. The molecule has 3 aromatic rings. The predicted octanol–water partition coefficient (Wildman–Crippen LogP) is 3.81. The van der Waals surface area contributed by atoms with Crippen molar-refractivity contribution in [2.45, 2.75) is 19.4 Å². The molecule has 2 heterocycles. The molecule has 6 nitrogen and oxygen atoms in total. The van der Waals surface area contributed by atoms with Crippen LogP contribution in [0.2, 0.25) is 10.0 Å². The fourth-order valence-corrected chi connectivity index (χ4v) is 5.17. The molecule has 0 spiro atoms. The van der Waals surface area contributed by atoms with Crippen molar-refractivity contribution in [3.8, 4) is 5.75 Å². The van der Waals surface area contributed by atoms with Crippen LogP contribution in [0.15, 0.2) is 63.5 Å². The van der Waals surface area contributed by atoms with Gasteiger partial charge in [0.1, 0.15) is 5.75 Å². The number of carbonyl (C=O) groups excluding carboxylic acids is 1. The molecular weight excluding hydrogens is 471 g/mol. The van der Waals surface area contributed by atoms with E-state index in [9.17, 15) is 14.7 Å². The molecule has 1 aliphatic heterocycles. The van der Waals surface area contributed by atoms with Crippen LogP contribution in [-0.2, 0) is 9.53 Å². The van der Waals surface area contributed by atoms with Crippen LogP contribution in [0.3, 0.4) is 0 Å². The normalized spacial score (nSPS) is 16.0. The molecule has 0 radical (unpaired) electrons. The van der Waals surface area contributed by atoms with E-state index in [1.165, 1.54) is 29.9 Å². The number of carbonyl (C=O) groups is 1. The average Bonchev–Trinajstić information content (AvgIpc) is 3.10. The van der Waals surface area contributed by atoms with Crippen molar-refractivity contribution >= 4 is 46.6 Å². The average molecular weight is 489 g/mol. The number of phenolic OH excluding ortho intramolecular Hbond substituents is 1. The highest BCUT2D eigenvalue weighted by molar-refractivity contribution is 7.07. The van der Waals surface area contributed by atoms with Gasteiger partial charge in [0.15, 0.2) is 4.80 Å². The zero-order valence-electron chi connectivity index (χ0n) is 17.1.